The Hall–Kier alpha value is -7.26. The summed E-state index contributed by atoms with van der Waals surface area (Å²) >= 11 is 0. The van der Waals surface area contributed by atoms with Crippen molar-refractivity contribution in [2.45, 2.75) is 19.8 Å². The summed E-state index contributed by atoms with van der Waals surface area (Å²) in [6.45, 7) is 10.4. The van der Waals surface area contributed by atoms with Crippen molar-refractivity contribution in [3.63, 3.8) is 0 Å². The summed E-state index contributed by atoms with van der Waals surface area (Å²) in [5.74, 6) is -2.04. The molecule has 0 amide bonds. The van der Waals surface area contributed by atoms with Gasteiger partial charge in [0.25, 0.3) is 0 Å². The molecule has 0 aliphatic carbocycles. The van der Waals surface area contributed by atoms with E-state index in [0.29, 0.717) is 44.1 Å². The van der Waals surface area contributed by atoms with E-state index in [4.69, 9.17) is 19.2 Å². The molecular formula is C45H33NO8. The van der Waals surface area contributed by atoms with Crippen LogP contribution >= 0.6 is 0 Å². The van der Waals surface area contributed by atoms with E-state index in [0.717, 1.165) is 46.0 Å². The first-order chi connectivity index (χ1) is 26.2. The van der Waals surface area contributed by atoms with Crippen LogP contribution in [0.4, 0.5) is 0 Å². The molecule has 0 saturated heterocycles. The minimum Gasteiger partial charge on any atom is -0.458 e. The summed E-state index contributed by atoms with van der Waals surface area (Å²) in [5, 5.41) is 1.38. The topological polar surface area (TPSA) is 126 Å². The Labute approximate surface area is 310 Å². The monoisotopic (exact) mass is 715 g/mol. The summed E-state index contributed by atoms with van der Waals surface area (Å²) in [7, 11) is 0. The second-order valence-electron chi connectivity index (χ2n) is 12.1. The van der Waals surface area contributed by atoms with Crippen molar-refractivity contribution in [2.24, 2.45) is 0 Å². The number of nitrogens with zero attached hydrogens (tertiary/aromatic N) is 1. The average Bonchev–Trinajstić information content (AvgIpc) is 3.22. The number of benzene rings is 5. The number of esters is 3. The van der Waals surface area contributed by atoms with E-state index in [2.05, 4.69) is 19.7 Å². The molecule has 0 fully saturated rings. The van der Waals surface area contributed by atoms with E-state index in [1.807, 2.05) is 24.3 Å². The van der Waals surface area contributed by atoms with Gasteiger partial charge in [0.15, 0.2) is 11.6 Å². The number of hydrogen-bond acceptors (Lipinski definition) is 9. The van der Waals surface area contributed by atoms with E-state index in [-0.39, 0.29) is 31.4 Å². The lowest BCUT2D eigenvalue weighted by molar-refractivity contribution is -0.139. The third kappa shape index (κ3) is 8.27. The fourth-order valence-electron chi connectivity index (χ4n) is 5.78. The molecule has 6 aromatic rings. The van der Waals surface area contributed by atoms with Gasteiger partial charge in [0.05, 0.1) is 11.0 Å². The number of carbonyl (C=O) groups excluding carboxylic acids is 5. The van der Waals surface area contributed by atoms with E-state index >= 15 is 0 Å². The standard InChI is InChI=1S/C45H33NO8/c1-4-40(47)52-25-28-7-13-31(14-8-28)43-36-23-34(44(50)32-15-9-29(10-16-32)26-53-41(48)5-2)19-21-38(36)46-39-22-20-35(24-37(39)43)45(51)33-17-11-30(12-18-33)27-54-42(49)6-3/h4-24H,1-3,25-27H2. The maximum atomic E-state index is 13.8. The smallest absolute Gasteiger partial charge is 0.330 e. The quantitative estimate of drug-likeness (QED) is 0.0361. The van der Waals surface area contributed by atoms with Crippen LogP contribution in [-0.4, -0.2) is 34.5 Å². The van der Waals surface area contributed by atoms with Crippen LogP contribution in [-0.2, 0) is 48.4 Å². The number of ether oxygens (including phenoxy) is 3. The Morgan fingerprint density at radius 3 is 1.15 bits per heavy atom. The Kier molecular flexibility index (Phi) is 11.1. The Morgan fingerprint density at radius 2 is 0.796 bits per heavy atom. The second-order valence-corrected chi connectivity index (χ2v) is 12.1. The molecule has 266 valence electrons. The van der Waals surface area contributed by atoms with E-state index in [9.17, 15) is 24.0 Å². The summed E-state index contributed by atoms with van der Waals surface area (Å²) in [6, 6.07) is 31.7. The molecule has 5 aromatic carbocycles. The Morgan fingerprint density at radius 1 is 0.463 bits per heavy atom. The van der Waals surface area contributed by atoms with Crippen LogP contribution in [0.15, 0.2) is 147 Å². The third-order valence-electron chi connectivity index (χ3n) is 8.62. The number of carbonyl (C=O) groups is 5. The first-order valence-corrected chi connectivity index (χ1v) is 16.8. The lowest BCUT2D eigenvalue weighted by Crippen LogP contribution is -2.04. The van der Waals surface area contributed by atoms with Gasteiger partial charge in [-0.05, 0) is 58.7 Å². The van der Waals surface area contributed by atoms with Gasteiger partial charge in [0, 0.05) is 56.8 Å². The number of hydrogen-bond donors (Lipinski definition) is 0. The molecule has 0 spiro atoms. The van der Waals surface area contributed by atoms with Crippen LogP contribution < -0.4 is 0 Å². The highest BCUT2D eigenvalue weighted by molar-refractivity contribution is 6.17. The number of aromatic nitrogens is 1. The highest BCUT2D eigenvalue weighted by Crippen LogP contribution is 2.37. The zero-order valence-electron chi connectivity index (χ0n) is 29.1. The molecule has 0 radical (unpaired) electrons. The second kappa shape index (κ2) is 16.4. The van der Waals surface area contributed by atoms with E-state index < -0.39 is 17.9 Å². The fourth-order valence-corrected chi connectivity index (χ4v) is 5.78. The van der Waals surface area contributed by atoms with Gasteiger partial charge in [-0.3, -0.25) is 9.59 Å². The van der Waals surface area contributed by atoms with Gasteiger partial charge in [-0.1, -0.05) is 92.5 Å². The molecule has 0 aliphatic rings. The minimum absolute atomic E-state index is 0.0515. The van der Waals surface area contributed by atoms with Crippen molar-refractivity contribution in [3.05, 3.63) is 186 Å². The molecule has 0 unspecified atom stereocenters. The van der Waals surface area contributed by atoms with Crippen LogP contribution in [0.25, 0.3) is 32.9 Å². The normalized spacial score (nSPS) is 10.7. The Balaban J connectivity index is 1.40. The third-order valence-corrected chi connectivity index (χ3v) is 8.62. The van der Waals surface area contributed by atoms with Crippen LogP contribution in [0.5, 0.6) is 0 Å². The number of pyridine rings is 1. The highest BCUT2D eigenvalue weighted by atomic mass is 16.5. The number of rotatable bonds is 14. The van der Waals surface area contributed by atoms with E-state index in [1.165, 1.54) is 0 Å². The predicted octanol–water partition coefficient (Wildman–Crippen LogP) is 8.20. The predicted molar refractivity (Wildman–Crippen MR) is 204 cm³/mol. The SMILES string of the molecule is C=CC(=O)OCc1ccc(C(=O)c2ccc3nc4ccc(C(=O)c5ccc(COC(=O)C=C)cc5)cc4c(-c4ccc(COC(=O)C=C)cc4)c3c2)cc1. The first-order valence-electron chi connectivity index (χ1n) is 16.8. The lowest BCUT2D eigenvalue weighted by Gasteiger charge is -2.14. The maximum Gasteiger partial charge on any atom is 0.330 e. The van der Waals surface area contributed by atoms with Gasteiger partial charge in [0.1, 0.15) is 19.8 Å². The first kappa shape index (κ1) is 36.5. The lowest BCUT2D eigenvalue weighted by atomic mass is 9.91. The van der Waals surface area contributed by atoms with Gasteiger partial charge in [-0.15, -0.1) is 0 Å². The van der Waals surface area contributed by atoms with Crippen LogP contribution in [0.2, 0.25) is 0 Å². The molecular weight excluding hydrogens is 682 g/mol. The number of fused-ring (bicyclic) bond motifs is 2. The van der Waals surface area contributed by atoms with Crippen LogP contribution in [0.3, 0.4) is 0 Å². The molecule has 1 aromatic heterocycles. The largest absolute Gasteiger partial charge is 0.458 e. The van der Waals surface area contributed by atoms with Gasteiger partial charge in [-0.2, -0.15) is 0 Å². The molecule has 0 N–H and O–H groups in total. The zero-order chi connectivity index (χ0) is 38.2. The molecule has 9 nitrogen and oxygen atoms in total. The summed E-state index contributed by atoms with van der Waals surface area (Å²) in [4.78, 5) is 67.1. The van der Waals surface area contributed by atoms with Gasteiger partial charge >= 0.3 is 17.9 Å². The number of ketones is 2. The van der Waals surface area contributed by atoms with Gasteiger partial charge < -0.3 is 14.2 Å². The highest BCUT2D eigenvalue weighted by Gasteiger charge is 2.18. The molecule has 1 heterocycles. The molecule has 0 bridgehead atoms. The van der Waals surface area contributed by atoms with Crippen molar-refractivity contribution >= 4 is 51.3 Å². The maximum absolute atomic E-state index is 13.8. The molecule has 0 atom stereocenters. The van der Waals surface area contributed by atoms with Crippen molar-refractivity contribution < 1.29 is 38.2 Å². The summed E-state index contributed by atoms with van der Waals surface area (Å²) in [6.07, 6.45) is 3.28. The van der Waals surface area contributed by atoms with E-state index in [1.54, 1.807) is 84.9 Å². The molecule has 9 heteroatoms. The Bertz CT molecular complexity index is 2320. The average molecular weight is 716 g/mol. The van der Waals surface area contributed by atoms with Crippen molar-refractivity contribution in [1.29, 1.82) is 0 Å². The fraction of sp³-hybridized carbons (Fsp3) is 0.0667. The van der Waals surface area contributed by atoms with Gasteiger partial charge in [-0.25, -0.2) is 19.4 Å². The molecule has 0 aliphatic heterocycles. The van der Waals surface area contributed by atoms with Crippen molar-refractivity contribution in [2.75, 3.05) is 0 Å². The van der Waals surface area contributed by atoms with Gasteiger partial charge in [0.2, 0.25) is 0 Å². The van der Waals surface area contributed by atoms with Crippen LogP contribution in [0, 0.1) is 0 Å². The van der Waals surface area contributed by atoms with Crippen LogP contribution in [0.1, 0.15) is 48.5 Å². The van der Waals surface area contributed by atoms with Crippen molar-refractivity contribution in [1.82, 2.24) is 4.98 Å². The molecule has 6 rings (SSSR count). The molecule has 0 saturated carbocycles. The summed E-state index contributed by atoms with van der Waals surface area (Å²) in [5.41, 5.74) is 6.77. The molecule has 54 heavy (non-hydrogen) atoms. The zero-order valence-corrected chi connectivity index (χ0v) is 29.1. The summed E-state index contributed by atoms with van der Waals surface area (Å²) < 4.78 is 15.4. The minimum atomic E-state index is -0.537. The van der Waals surface area contributed by atoms with Crippen molar-refractivity contribution in [3.8, 4) is 11.1 Å².